The Morgan fingerprint density at radius 3 is 2.67 bits per heavy atom. The SMILES string of the molecule is COc1cc(Cl)c(C)cc1N1CCC(=O)CC1=O. The zero-order valence-corrected chi connectivity index (χ0v) is 11.1. The first-order valence-corrected chi connectivity index (χ1v) is 6.07. The molecule has 0 atom stereocenters. The average molecular weight is 268 g/mol. The Morgan fingerprint density at radius 1 is 1.33 bits per heavy atom. The summed E-state index contributed by atoms with van der Waals surface area (Å²) < 4.78 is 5.25. The van der Waals surface area contributed by atoms with Gasteiger partial charge in [-0.05, 0) is 18.6 Å². The minimum absolute atomic E-state index is 0.0131. The van der Waals surface area contributed by atoms with Gasteiger partial charge in [0.05, 0.1) is 19.2 Å². The van der Waals surface area contributed by atoms with Crippen LogP contribution in [-0.4, -0.2) is 25.3 Å². The summed E-state index contributed by atoms with van der Waals surface area (Å²) in [6.45, 7) is 2.26. The number of rotatable bonds is 2. The summed E-state index contributed by atoms with van der Waals surface area (Å²) in [6.07, 6.45) is 0.349. The molecule has 1 fully saturated rings. The van der Waals surface area contributed by atoms with Crippen LogP contribution in [0.25, 0.3) is 0 Å². The molecule has 0 radical (unpaired) electrons. The Balaban J connectivity index is 2.41. The Morgan fingerprint density at radius 2 is 2.06 bits per heavy atom. The molecule has 18 heavy (non-hydrogen) atoms. The number of nitrogens with zero attached hydrogens (tertiary/aromatic N) is 1. The minimum Gasteiger partial charge on any atom is -0.495 e. The molecule has 0 aromatic heterocycles. The Bertz CT molecular complexity index is 513. The van der Waals surface area contributed by atoms with Gasteiger partial charge >= 0.3 is 0 Å². The number of hydrogen-bond donors (Lipinski definition) is 0. The van der Waals surface area contributed by atoms with E-state index in [9.17, 15) is 9.59 Å². The van der Waals surface area contributed by atoms with Gasteiger partial charge in [0, 0.05) is 24.1 Å². The largest absolute Gasteiger partial charge is 0.495 e. The van der Waals surface area contributed by atoms with Crippen molar-refractivity contribution >= 4 is 29.0 Å². The highest BCUT2D eigenvalue weighted by atomic mass is 35.5. The Labute approximate surface area is 110 Å². The van der Waals surface area contributed by atoms with E-state index >= 15 is 0 Å². The van der Waals surface area contributed by atoms with Gasteiger partial charge in [-0.15, -0.1) is 0 Å². The fourth-order valence-electron chi connectivity index (χ4n) is 1.99. The van der Waals surface area contributed by atoms with E-state index in [1.54, 1.807) is 11.0 Å². The summed E-state index contributed by atoms with van der Waals surface area (Å²) in [5.74, 6) is 0.348. The third-order valence-corrected chi connectivity index (χ3v) is 3.42. The lowest BCUT2D eigenvalue weighted by Gasteiger charge is -2.28. The number of benzene rings is 1. The lowest BCUT2D eigenvalue weighted by atomic mass is 10.1. The molecule has 0 saturated carbocycles. The summed E-state index contributed by atoms with van der Waals surface area (Å²) in [7, 11) is 1.53. The van der Waals surface area contributed by atoms with E-state index in [0.717, 1.165) is 5.56 Å². The van der Waals surface area contributed by atoms with Gasteiger partial charge < -0.3 is 9.64 Å². The Kier molecular flexibility index (Phi) is 3.57. The number of carbonyl (C=O) groups is 2. The van der Waals surface area contributed by atoms with Crippen LogP contribution >= 0.6 is 11.6 Å². The van der Waals surface area contributed by atoms with Crippen LogP contribution in [0.2, 0.25) is 5.02 Å². The van der Waals surface area contributed by atoms with Gasteiger partial charge in [0.25, 0.3) is 0 Å². The average Bonchev–Trinajstić information content (AvgIpc) is 2.32. The van der Waals surface area contributed by atoms with Crippen LogP contribution < -0.4 is 9.64 Å². The van der Waals surface area contributed by atoms with Crippen LogP contribution in [-0.2, 0) is 9.59 Å². The van der Waals surface area contributed by atoms with Crippen LogP contribution in [0.1, 0.15) is 18.4 Å². The van der Waals surface area contributed by atoms with E-state index in [0.29, 0.717) is 29.4 Å². The second-order valence-corrected chi connectivity index (χ2v) is 4.69. The Hall–Kier alpha value is -1.55. The van der Waals surface area contributed by atoms with Gasteiger partial charge in [0.15, 0.2) is 0 Å². The molecule has 1 saturated heterocycles. The van der Waals surface area contributed by atoms with E-state index < -0.39 is 0 Å². The fraction of sp³-hybridized carbons (Fsp3) is 0.385. The smallest absolute Gasteiger partial charge is 0.234 e. The highest BCUT2D eigenvalue weighted by molar-refractivity contribution is 6.31. The zero-order chi connectivity index (χ0) is 13.3. The maximum Gasteiger partial charge on any atom is 0.234 e. The summed E-state index contributed by atoms with van der Waals surface area (Å²) in [5, 5.41) is 0.594. The number of hydrogen-bond acceptors (Lipinski definition) is 3. The van der Waals surface area contributed by atoms with Gasteiger partial charge in [-0.25, -0.2) is 0 Å². The third-order valence-electron chi connectivity index (χ3n) is 3.01. The van der Waals surface area contributed by atoms with Crippen molar-refractivity contribution < 1.29 is 14.3 Å². The van der Waals surface area contributed by atoms with Crippen molar-refractivity contribution in [1.29, 1.82) is 0 Å². The van der Waals surface area contributed by atoms with Gasteiger partial charge in [-0.1, -0.05) is 11.6 Å². The number of ether oxygens (including phenoxy) is 1. The molecule has 2 rings (SSSR count). The number of halogens is 1. The molecule has 0 N–H and O–H groups in total. The quantitative estimate of drug-likeness (QED) is 0.773. The van der Waals surface area contributed by atoms with Crippen LogP contribution in [0.15, 0.2) is 12.1 Å². The molecule has 0 spiro atoms. The van der Waals surface area contributed by atoms with Crippen LogP contribution in [0.3, 0.4) is 0 Å². The highest BCUT2D eigenvalue weighted by Gasteiger charge is 2.27. The summed E-state index contributed by atoms with van der Waals surface area (Å²) in [4.78, 5) is 24.7. The number of Topliss-reactive ketones (excluding diaryl/α,β-unsaturated/α-hetero) is 1. The number of piperidine rings is 1. The number of amides is 1. The first-order chi connectivity index (χ1) is 8.52. The van der Waals surface area contributed by atoms with Crippen LogP contribution in [0, 0.1) is 6.92 Å². The number of anilines is 1. The van der Waals surface area contributed by atoms with Gasteiger partial charge in [-0.3, -0.25) is 9.59 Å². The molecule has 1 aliphatic rings. The summed E-state index contributed by atoms with van der Waals surface area (Å²) >= 11 is 6.03. The molecule has 1 heterocycles. The highest BCUT2D eigenvalue weighted by Crippen LogP contribution is 2.35. The predicted octanol–water partition coefficient (Wildman–Crippen LogP) is 2.35. The second-order valence-electron chi connectivity index (χ2n) is 4.28. The molecule has 5 heteroatoms. The molecule has 96 valence electrons. The maximum atomic E-state index is 11.9. The molecular formula is C13H14ClNO3. The van der Waals surface area contributed by atoms with Crippen molar-refractivity contribution in [1.82, 2.24) is 0 Å². The molecule has 0 aliphatic carbocycles. The molecule has 1 aliphatic heterocycles. The third kappa shape index (κ3) is 2.34. The van der Waals surface area contributed by atoms with Crippen molar-refractivity contribution in [2.75, 3.05) is 18.6 Å². The zero-order valence-electron chi connectivity index (χ0n) is 10.3. The van der Waals surface area contributed by atoms with E-state index in [-0.39, 0.29) is 18.1 Å². The molecule has 0 unspecified atom stereocenters. The minimum atomic E-state index is -0.189. The van der Waals surface area contributed by atoms with Gasteiger partial charge in [0.2, 0.25) is 5.91 Å². The molecule has 1 aromatic carbocycles. The van der Waals surface area contributed by atoms with Crippen molar-refractivity contribution in [3.63, 3.8) is 0 Å². The number of aryl methyl sites for hydroxylation is 1. The van der Waals surface area contributed by atoms with Gasteiger partial charge in [-0.2, -0.15) is 0 Å². The van der Waals surface area contributed by atoms with Crippen LogP contribution in [0.4, 0.5) is 5.69 Å². The predicted molar refractivity (Wildman–Crippen MR) is 69.3 cm³/mol. The number of ketones is 1. The fourth-order valence-corrected chi connectivity index (χ4v) is 2.14. The molecular weight excluding hydrogens is 254 g/mol. The number of carbonyl (C=O) groups excluding carboxylic acids is 2. The first-order valence-electron chi connectivity index (χ1n) is 5.69. The molecule has 1 aromatic rings. The van der Waals surface area contributed by atoms with Crippen molar-refractivity contribution in [3.8, 4) is 5.75 Å². The number of methoxy groups -OCH3 is 1. The lowest BCUT2D eigenvalue weighted by molar-refractivity contribution is -0.128. The van der Waals surface area contributed by atoms with Crippen LogP contribution in [0.5, 0.6) is 5.75 Å². The van der Waals surface area contributed by atoms with E-state index in [2.05, 4.69) is 0 Å². The first kappa shape index (κ1) is 12.9. The van der Waals surface area contributed by atoms with Crippen molar-refractivity contribution in [3.05, 3.63) is 22.7 Å². The standard InChI is InChI=1S/C13H14ClNO3/c1-8-5-11(12(18-2)7-10(8)14)15-4-3-9(16)6-13(15)17/h5,7H,3-4,6H2,1-2H3. The lowest BCUT2D eigenvalue weighted by Crippen LogP contribution is -2.39. The molecule has 4 nitrogen and oxygen atoms in total. The van der Waals surface area contributed by atoms with E-state index in [1.165, 1.54) is 7.11 Å². The normalized spacial score (nSPS) is 16.1. The van der Waals surface area contributed by atoms with Crippen molar-refractivity contribution in [2.24, 2.45) is 0 Å². The molecule has 1 amide bonds. The summed E-state index contributed by atoms with van der Waals surface area (Å²) in [5.41, 5.74) is 1.55. The van der Waals surface area contributed by atoms with Gasteiger partial charge in [0.1, 0.15) is 11.5 Å². The second kappa shape index (κ2) is 4.98. The van der Waals surface area contributed by atoms with Crippen molar-refractivity contribution in [2.45, 2.75) is 19.8 Å². The van der Waals surface area contributed by atoms with E-state index in [4.69, 9.17) is 16.3 Å². The maximum absolute atomic E-state index is 11.9. The monoisotopic (exact) mass is 267 g/mol. The summed E-state index contributed by atoms with van der Waals surface area (Å²) in [6, 6.07) is 3.50. The van der Waals surface area contributed by atoms with E-state index in [1.807, 2.05) is 13.0 Å². The topological polar surface area (TPSA) is 46.6 Å². The molecule has 0 bridgehead atoms.